The molecule has 5 nitrogen and oxygen atoms in total. The molecule has 0 heterocycles. The van der Waals surface area contributed by atoms with Gasteiger partial charge in [0.2, 0.25) is 11.8 Å². The van der Waals surface area contributed by atoms with Crippen molar-refractivity contribution < 1.29 is 14.7 Å². The zero-order valence-corrected chi connectivity index (χ0v) is 14.1. The van der Waals surface area contributed by atoms with Gasteiger partial charge < -0.3 is 15.3 Å². The number of aliphatic hydroxyl groups is 1. The van der Waals surface area contributed by atoms with Crippen LogP contribution in [0.3, 0.4) is 0 Å². The fourth-order valence-electron chi connectivity index (χ4n) is 2.45. The summed E-state index contributed by atoms with van der Waals surface area (Å²) < 4.78 is 0. The van der Waals surface area contributed by atoms with Gasteiger partial charge in [0.05, 0.1) is 23.4 Å². The molecule has 2 amide bonds. The molecule has 126 valence electrons. The molecule has 2 aromatic rings. The van der Waals surface area contributed by atoms with E-state index in [0.717, 1.165) is 0 Å². The number of benzene rings is 2. The third kappa shape index (κ3) is 4.20. The van der Waals surface area contributed by atoms with Gasteiger partial charge in [-0.05, 0) is 24.6 Å². The molecule has 1 unspecified atom stereocenters. The molecule has 0 aliphatic carbocycles. The van der Waals surface area contributed by atoms with Gasteiger partial charge in [0.15, 0.2) is 0 Å². The number of hydrogen-bond donors (Lipinski definition) is 2. The predicted molar refractivity (Wildman–Crippen MR) is 94.8 cm³/mol. The minimum absolute atomic E-state index is 0.0882. The van der Waals surface area contributed by atoms with E-state index in [1.54, 1.807) is 50.4 Å². The number of rotatable bonds is 5. The first kappa shape index (κ1) is 17.7. The Morgan fingerprint density at radius 1 is 1.08 bits per heavy atom. The van der Waals surface area contributed by atoms with Gasteiger partial charge in [-0.15, -0.1) is 0 Å². The first-order chi connectivity index (χ1) is 11.3. The highest BCUT2D eigenvalue weighted by Crippen LogP contribution is 2.28. The molecule has 0 radical (unpaired) electrons. The highest BCUT2D eigenvalue weighted by molar-refractivity contribution is 6.00. The van der Waals surface area contributed by atoms with Crippen molar-refractivity contribution in [2.24, 2.45) is 0 Å². The van der Waals surface area contributed by atoms with E-state index < -0.39 is 5.60 Å². The van der Waals surface area contributed by atoms with Gasteiger partial charge in [-0.25, -0.2) is 0 Å². The molecule has 0 fully saturated rings. The first-order valence-electron chi connectivity index (χ1n) is 7.72. The smallest absolute Gasteiger partial charge is 0.227 e. The van der Waals surface area contributed by atoms with Gasteiger partial charge in [-0.3, -0.25) is 9.59 Å². The molecule has 0 saturated carbocycles. The normalized spacial score (nSPS) is 13.0. The molecule has 0 aliphatic rings. The van der Waals surface area contributed by atoms with Gasteiger partial charge in [-0.2, -0.15) is 0 Å². The topological polar surface area (TPSA) is 69.6 Å². The van der Waals surface area contributed by atoms with Crippen molar-refractivity contribution in [1.82, 2.24) is 0 Å². The Hall–Kier alpha value is -2.66. The molecule has 2 rings (SSSR count). The number of amides is 2. The van der Waals surface area contributed by atoms with Gasteiger partial charge in [0.1, 0.15) is 0 Å². The van der Waals surface area contributed by atoms with Crippen LogP contribution in [0.4, 0.5) is 11.4 Å². The fraction of sp³-hybridized carbons (Fsp3) is 0.263. The van der Waals surface area contributed by atoms with Gasteiger partial charge >= 0.3 is 0 Å². The minimum atomic E-state index is -1.27. The number of nitrogens with zero attached hydrogens (tertiary/aromatic N) is 1. The number of hydrogen-bond acceptors (Lipinski definition) is 3. The third-order valence-corrected chi connectivity index (χ3v) is 3.91. The number of carbonyl (C=O) groups excluding carboxylic acids is 2. The minimum Gasteiger partial charge on any atom is -0.385 e. The predicted octanol–water partition coefficient (Wildman–Crippen LogP) is 2.91. The molecule has 2 aromatic carbocycles. The second-order valence-electron chi connectivity index (χ2n) is 5.96. The van der Waals surface area contributed by atoms with Gasteiger partial charge in [0, 0.05) is 14.0 Å². The molecule has 0 saturated heterocycles. The molecule has 2 N–H and O–H groups in total. The lowest BCUT2D eigenvalue weighted by Crippen LogP contribution is -2.29. The van der Waals surface area contributed by atoms with Crippen molar-refractivity contribution in [3.63, 3.8) is 0 Å². The molecular weight excluding hydrogens is 304 g/mol. The Kier molecular flexibility index (Phi) is 5.36. The summed E-state index contributed by atoms with van der Waals surface area (Å²) >= 11 is 0. The quantitative estimate of drug-likeness (QED) is 0.887. The van der Waals surface area contributed by atoms with E-state index in [0.29, 0.717) is 16.9 Å². The van der Waals surface area contributed by atoms with Crippen molar-refractivity contribution in [3.05, 3.63) is 60.2 Å². The van der Waals surface area contributed by atoms with Crippen molar-refractivity contribution in [2.75, 3.05) is 17.3 Å². The van der Waals surface area contributed by atoms with Crippen LogP contribution >= 0.6 is 0 Å². The van der Waals surface area contributed by atoms with Gasteiger partial charge in [0.25, 0.3) is 0 Å². The summed E-state index contributed by atoms with van der Waals surface area (Å²) in [4.78, 5) is 25.4. The van der Waals surface area contributed by atoms with Crippen LogP contribution in [0.5, 0.6) is 0 Å². The van der Waals surface area contributed by atoms with Crippen LogP contribution in [-0.2, 0) is 15.2 Å². The SMILES string of the molecule is CC(=O)N(C)c1ccccc1NC(=O)CC(C)(O)c1ccccc1. The van der Waals surface area contributed by atoms with E-state index >= 15 is 0 Å². The summed E-state index contributed by atoms with van der Waals surface area (Å²) in [6, 6.07) is 16.1. The molecule has 5 heteroatoms. The van der Waals surface area contributed by atoms with E-state index in [9.17, 15) is 14.7 Å². The number of anilines is 2. The molecular formula is C19H22N2O3. The molecule has 0 aliphatic heterocycles. The maximum absolute atomic E-state index is 12.4. The maximum Gasteiger partial charge on any atom is 0.227 e. The Morgan fingerprint density at radius 3 is 2.29 bits per heavy atom. The van der Waals surface area contributed by atoms with Crippen LogP contribution in [0.1, 0.15) is 25.8 Å². The van der Waals surface area contributed by atoms with Crippen LogP contribution in [0.25, 0.3) is 0 Å². The standard InChI is InChI=1S/C19H22N2O3/c1-14(22)21(3)17-12-8-7-11-16(17)20-18(23)13-19(2,24)15-9-5-4-6-10-15/h4-12,24H,13H2,1-3H3,(H,20,23). The monoisotopic (exact) mass is 326 g/mol. The van der Waals surface area contributed by atoms with Crippen LogP contribution < -0.4 is 10.2 Å². The van der Waals surface area contributed by atoms with E-state index in [4.69, 9.17) is 0 Å². The molecule has 0 spiro atoms. The summed E-state index contributed by atoms with van der Waals surface area (Å²) in [5.74, 6) is -0.457. The Balaban J connectivity index is 2.15. The zero-order valence-electron chi connectivity index (χ0n) is 14.1. The summed E-state index contributed by atoms with van der Waals surface area (Å²) in [7, 11) is 1.65. The van der Waals surface area contributed by atoms with Crippen LogP contribution in [-0.4, -0.2) is 24.0 Å². The second kappa shape index (κ2) is 7.27. The maximum atomic E-state index is 12.4. The van der Waals surface area contributed by atoms with E-state index in [2.05, 4.69) is 5.32 Å². The largest absolute Gasteiger partial charge is 0.385 e. The lowest BCUT2D eigenvalue weighted by Gasteiger charge is -2.24. The second-order valence-corrected chi connectivity index (χ2v) is 5.96. The molecule has 24 heavy (non-hydrogen) atoms. The fourth-order valence-corrected chi connectivity index (χ4v) is 2.45. The average Bonchev–Trinajstić information content (AvgIpc) is 2.55. The van der Waals surface area contributed by atoms with E-state index in [1.807, 2.05) is 18.2 Å². The lowest BCUT2D eigenvalue weighted by molar-refractivity contribution is -0.121. The zero-order chi connectivity index (χ0) is 17.7. The summed E-state index contributed by atoms with van der Waals surface area (Å²) in [5, 5.41) is 13.4. The van der Waals surface area contributed by atoms with Gasteiger partial charge in [-0.1, -0.05) is 42.5 Å². The molecule has 1 atom stereocenters. The van der Waals surface area contributed by atoms with E-state index in [-0.39, 0.29) is 18.2 Å². The third-order valence-electron chi connectivity index (χ3n) is 3.91. The van der Waals surface area contributed by atoms with Crippen LogP contribution in [0.2, 0.25) is 0 Å². The Morgan fingerprint density at radius 2 is 1.67 bits per heavy atom. The van der Waals surface area contributed by atoms with Crippen LogP contribution in [0.15, 0.2) is 54.6 Å². The number of nitrogens with one attached hydrogen (secondary N) is 1. The highest BCUT2D eigenvalue weighted by atomic mass is 16.3. The summed E-state index contributed by atoms with van der Waals surface area (Å²) in [6.45, 7) is 3.06. The first-order valence-corrected chi connectivity index (χ1v) is 7.72. The highest BCUT2D eigenvalue weighted by Gasteiger charge is 2.27. The Labute approximate surface area is 141 Å². The molecule has 0 bridgehead atoms. The average molecular weight is 326 g/mol. The Bertz CT molecular complexity index is 726. The molecule has 0 aromatic heterocycles. The van der Waals surface area contributed by atoms with Crippen molar-refractivity contribution in [3.8, 4) is 0 Å². The van der Waals surface area contributed by atoms with Crippen molar-refractivity contribution >= 4 is 23.2 Å². The number of para-hydroxylation sites is 2. The summed E-state index contributed by atoms with van der Waals surface area (Å²) in [5.41, 5.74) is 0.545. The van der Waals surface area contributed by atoms with Crippen molar-refractivity contribution in [2.45, 2.75) is 25.9 Å². The lowest BCUT2D eigenvalue weighted by atomic mass is 9.92. The number of carbonyl (C=O) groups is 2. The summed E-state index contributed by atoms with van der Waals surface area (Å²) in [6.07, 6.45) is -0.0882. The van der Waals surface area contributed by atoms with Crippen molar-refractivity contribution in [1.29, 1.82) is 0 Å². The van der Waals surface area contributed by atoms with Crippen LogP contribution in [0, 0.1) is 0 Å². The van der Waals surface area contributed by atoms with E-state index in [1.165, 1.54) is 11.8 Å².